The summed E-state index contributed by atoms with van der Waals surface area (Å²) in [6, 6.07) is 14.5. The van der Waals surface area contributed by atoms with Crippen molar-refractivity contribution in [3.63, 3.8) is 0 Å². The standard InChI is InChI=1S/C15H14FN3/c16-12-4-3-5-13(10-12)17-8-9-19-11-18-14-6-1-2-7-15(14)19/h1-7,10-11,17H,8-9H2. The maximum absolute atomic E-state index is 13.0. The lowest BCUT2D eigenvalue weighted by Crippen LogP contribution is -2.09. The molecule has 1 N–H and O–H groups in total. The van der Waals surface area contributed by atoms with Gasteiger partial charge in [-0.3, -0.25) is 0 Å². The van der Waals surface area contributed by atoms with Crippen LogP contribution in [0, 0.1) is 5.82 Å². The topological polar surface area (TPSA) is 29.9 Å². The number of halogens is 1. The minimum atomic E-state index is -0.224. The van der Waals surface area contributed by atoms with Crippen molar-refractivity contribution in [1.82, 2.24) is 9.55 Å². The molecule has 1 heterocycles. The molecular weight excluding hydrogens is 241 g/mol. The van der Waals surface area contributed by atoms with Crippen LogP contribution in [-0.4, -0.2) is 16.1 Å². The van der Waals surface area contributed by atoms with Crippen molar-refractivity contribution in [2.45, 2.75) is 6.54 Å². The summed E-state index contributed by atoms with van der Waals surface area (Å²) < 4.78 is 15.1. The zero-order valence-corrected chi connectivity index (χ0v) is 10.4. The molecule has 4 heteroatoms. The van der Waals surface area contributed by atoms with Gasteiger partial charge in [0.1, 0.15) is 5.82 Å². The van der Waals surface area contributed by atoms with E-state index in [-0.39, 0.29) is 5.82 Å². The summed E-state index contributed by atoms with van der Waals surface area (Å²) in [7, 11) is 0. The van der Waals surface area contributed by atoms with Crippen molar-refractivity contribution in [3.05, 3.63) is 60.7 Å². The van der Waals surface area contributed by atoms with E-state index in [0.717, 1.165) is 29.8 Å². The molecule has 0 atom stereocenters. The zero-order valence-electron chi connectivity index (χ0n) is 10.4. The molecule has 19 heavy (non-hydrogen) atoms. The molecule has 2 aromatic carbocycles. The van der Waals surface area contributed by atoms with Gasteiger partial charge in [-0.2, -0.15) is 0 Å². The third-order valence-corrected chi connectivity index (χ3v) is 3.03. The first-order valence-electron chi connectivity index (χ1n) is 6.22. The number of nitrogens with zero attached hydrogens (tertiary/aromatic N) is 2. The largest absolute Gasteiger partial charge is 0.383 e. The van der Waals surface area contributed by atoms with Gasteiger partial charge in [0.2, 0.25) is 0 Å². The SMILES string of the molecule is Fc1cccc(NCCn2cnc3ccccc32)c1. The Morgan fingerprint density at radius 3 is 2.89 bits per heavy atom. The number of para-hydroxylation sites is 2. The molecule has 96 valence electrons. The lowest BCUT2D eigenvalue weighted by atomic mass is 10.3. The Morgan fingerprint density at radius 2 is 2.00 bits per heavy atom. The van der Waals surface area contributed by atoms with E-state index in [1.165, 1.54) is 12.1 Å². The second-order valence-electron chi connectivity index (χ2n) is 4.36. The molecule has 0 radical (unpaired) electrons. The molecule has 3 nitrogen and oxygen atoms in total. The summed E-state index contributed by atoms with van der Waals surface area (Å²) in [6.07, 6.45) is 1.83. The fourth-order valence-corrected chi connectivity index (χ4v) is 2.11. The maximum Gasteiger partial charge on any atom is 0.125 e. The predicted molar refractivity (Wildman–Crippen MR) is 74.6 cm³/mol. The minimum absolute atomic E-state index is 0.224. The smallest absolute Gasteiger partial charge is 0.125 e. The van der Waals surface area contributed by atoms with E-state index >= 15 is 0 Å². The lowest BCUT2D eigenvalue weighted by molar-refractivity contribution is 0.628. The number of rotatable bonds is 4. The van der Waals surface area contributed by atoms with Gasteiger partial charge in [-0.25, -0.2) is 9.37 Å². The summed E-state index contributed by atoms with van der Waals surface area (Å²) in [5, 5.41) is 3.20. The molecule has 3 aromatic rings. The van der Waals surface area contributed by atoms with E-state index in [1.54, 1.807) is 6.07 Å². The van der Waals surface area contributed by atoms with Crippen molar-refractivity contribution in [1.29, 1.82) is 0 Å². The fourth-order valence-electron chi connectivity index (χ4n) is 2.11. The molecule has 0 saturated carbocycles. The molecule has 0 amide bonds. The second kappa shape index (κ2) is 5.10. The monoisotopic (exact) mass is 255 g/mol. The molecule has 0 saturated heterocycles. The Hall–Kier alpha value is -2.36. The van der Waals surface area contributed by atoms with Crippen LogP contribution in [0.4, 0.5) is 10.1 Å². The number of anilines is 1. The van der Waals surface area contributed by atoms with Gasteiger partial charge in [0.05, 0.1) is 17.4 Å². The van der Waals surface area contributed by atoms with Crippen LogP contribution in [0.3, 0.4) is 0 Å². The van der Waals surface area contributed by atoms with Crippen molar-refractivity contribution >= 4 is 16.7 Å². The van der Waals surface area contributed by atoms with Crippen LogP contribution in [0.15, 0.2) is 54.9 Å². The first kappa shape index (κ1) is 11.7. The van der Waals surface area contributed by atoms with E-state index in [9.17, 15) is 4.39 Å². The van der Waals surface area contributed by atoms with E-state index in [2.05, 4.69) is 14.9 Å². The third kappa shape index (κ3) is 2.57. The fraction of sp³-hybridized carbons (Fsp3) is 0.133. The van der Waals surface area contributed by atoms with Gasteiger partial charge in [0, 0.05) is 18.8 Å². The number of hydrogen-bond donors (Lipinski definition) is 1. The maximum atomic E-state index is 13.0. The summed E-state index contributed by atoms with van der Waals surface area (Å²) in [5.74, 6) is -0.224. The van der Waals surface area contributed by atoms with Gasteiger partial charge in [0.15, 0.2) is 0 Å². The number of nitrogens with one attached hydrogen (secondary N) is 1. The second-order valence-corrected chi connectivity index (χ2v) is 4.36. The average molecular weight is 255 g/mol. The molecule has 3 rings (SSSR count). The van der Waals surface area contributed by atoms with Crippen molar-refractivity contribution in [2.24, 2.45) is 0 Å². The van der Waals surface area contributed by atoms with Crippen LogP contribution in [-0.2, 0) is 6.54 Å². The van der Waals surface area contributed by atoms with Crippen molar-refractivity contribution < 1.29 is 4.39 Å². The molecule has 0 aliphatic carbocycles. The van der Waals surface area contributed by atoms with Crippen LogP contribution in [0.1, 0.15) is 0 Å². The Labute approximate surface area is 110 Å². The number of benzene rings is 2. The highest BCUT2D eigenvalue weighted by atomic mass is 19.1. The summed E-state index contributed by atoms with van der Waals surface area (Å²) in [6.45, 7) is 1.51. The first-order valence-corrected chi connectivity index (χ1v) is 6.22. The Bertz CT molecular complexity index is 690. The summed E-state index contributed by atoms with van der Waals surface area (Å²) >= 11 is 0. The normalized spacial score (nSPS) is 10.8. The summed E-state index contributed by atoms with van der Waals surface area (Å²) in [5.41, 5.74) is 2.90. The van der Waals surface area contributed by atoms with Gasteiger partial charge >= 0.3 is 0 Å². The highest BCUT2D eigenvalue weighted by Gasteiger charge is 2.00. The number of imidazole rings is 1. The van der Waals surface area contributed by atoms with Crippen molar-refractivity contribution in [2.75, 3.05) is 11.9 Å². The Morgan fingerprint density at radius 1 is 1.11 bits per heavy atom. The van der Waals surface area contributed by atoms with E-state index in [4.69, 9.17) is 0 Å². The highest BCUT2D eigenvalue weighted by Crippen LogP contribution is 2.12. The number of fused-ring (bicyclic) bond motifs is 1. The first-order chi connectivity index (χ1) is 9.33. The highest BCUT2D eigenvalue weighted by molar-refractivity contribution is 5.74. The van der Waals surface area contributed by atoms with E-state index in [0.29, 0.717) is 0 Å². The van der Waals surface area contributed by atoms with E-state index < -0.39 is 0 Å². The third-order valence-electron chi connectivity index (χ3n) is 3.03. The number of aromatic nitrogens is 2. The van der Waals surface area contributed by atoms with Gasteiger partial charge in [-0.1, -0.05) is 18.2 Å². The summed E-state index contributed by atoms with van der Waals surface area (Å²) in [4.78, 5) is 4.33. The quantitative estimate of drug-likeness (QED) is 0.775. The molecule has 0 bridgehead atoms. The molecule has 1 aromatic heterocycles. The van der Waals surface area contributed by atoms with Gasteiger partial charge < -0.3 is 9.88 Å². The Kier molecular flexibility index (Phi) is 3.14. The average Bonchev–Trinajstić information content (AvgIpc) is 2.83. The van der Waals surface area contributed by atoms with Gasteiger partial charge in [-0.05, 0) is 30.3 Å². The van der Waals surface area contributed by atoms with E-state index in [1.807, 2.05) is 36.7 Å². The Balaban J connectivity index is 1.66. The lowest BCUT2D eigenvalue weighted by Gasteiger charge is -2.07. The van der Waals surface area contributed by atoms with Gasteiger partial charge in [0.25, 0.3) is 0 Å². The van der Waals surface area contributed by atoms with Crippen molar-refractivity contribution in [3.8, 4) is 0 Å². The van der Waals surface area contributed by atoms with Crippen LogP contribution in [0.5, 0.6) is 0 Å². The molecule has 0 spiro atoms. The van der Waals surface area contributed by atoms with Crippen LogP contribution < -0.4 is 5.32 Å². The molecule has 0 unspecified atom stereocenters. The van der Waals surface area contributed by atoms with Crippen LogP contribution >= 0.6 is 0 Å². The predicted octanol–water partition coefficient (Wildman–Crippen LogP) is 3.29. The molecule has 0 fully saturated rings. The van der Waals surface area contributed by atoms with Gasteiger partial charge in [-0.15, -0.1) is 0 Å². The molecule has 0 aliphatic rings. The van der Waals surface area contributed by atoms with Crippen LogP contribution in [0.2, 0.25) is 0 Å². The minimum Gasteiger partial charge on any atom is -0.383 e. The molecule has 0 aliphatic heterocycles. The van der Waals surface area contributed by atoms with Crippen LogP contribution in [0.25, 0.3) is 11.0 Å². The number of hydrogen-bond acceptors (Lipinski definition) is 2. The molecular formula is C15H14FN3. The zero-order chi connectivity index (χ0) is 13.1.